The van der Waals surface area contributed by atoms with Crippen molar-refractivity contribution in [3.05, 3.63) is 33.9 Å². The summed E-state index contributed by atoms with van der Waals surface area (Å²) < 4.78 is 39.3. The molecule has 0 radical (unpaired) electrons. The summed E-state index contributed by atoms with van der Waals surface area (Å²) in [6.07, 6.45) is -0.176. The Hall–Kier alpha value is -2.45. The molecule has 0 fully saturated rings. The van der Waals surface area contributed by atoms with Crippen molar-refractivity contribution in [1.82, 2.24) is 0 Å². The maximum absolute atomic E-state index is 14.4. The molecule has 1 spiro atoms. The van der Waals surface area contributed by atoms with Crippen LogP contribution in [0, 0.1) is 10.1 Å². The highest BCUT2D eigenvalue weighted by atomic mass is 19.3. The molecule has 2 heterocycles. The first-order chi connectivity index (χ1) is 9.86. The van der Waals surface area contributed by atoms with E-state index >= 15 is 0 Å². The predicted octanol–water partition coefficient (Wildman–Crippen LogP) is 1.55. The number of non-ortho nitro benzene ring substituents is 1. The zero-order valence-electron chi connectivity index (χ0n) is 10.7. The van der Waals surface area contributed by atoms with E-state index in [1.54, 1.807) is 0 Å². The van der Waals surface area contributed by atoms with Gasteiger partial charge in [0.1, 0.15) is 12.3 Å². The molecule has 0 saturated carbocycles. The number of hydrogen-bond acceptors (Lipinski definition) is 6. The number of aliphatic imine (C=N–C) groups is 1. The number of alkyl halides is 2. The Morgan fingerprint density at radius 3 is 2.90 bits per heavy atom. The summed E-state index contributed by atoms with van der Waals surface area (Å²) in [6.45, 7) is -0.839. The lowest BCUT2D eigenvalue weighted by molar-refractivity contribution is -0.385. The van der Waals surface area contributed by atoms with Gasteiger partial charge in [0.25, 0.3) is 11.7 Å². The van der Waals surface area contributed by atoms with Crippen molar-refractivity contribution in [1.29, 1.82) is 0 Å². The third kappa shape index (κ3) is 1.88. The second-order valence-corrected chi connectivity index (χ2v) is 4.82. The van der Waals surface area contributed by atoms with Crippen LogP contribution in [0.3, 0.4) is 0 Å². The van der Waals surface area contributed by atoms with Gasteiger partial charge in [-0.1, -0.05) is 0 Å². The van der Waals surface area contributed by atoms with Gasteiger partial charge < -0.3 is 15.2 Å². The van der Waals surface area contributed by atoms with Gasteiger partial charge in [0.2, 0.25) is 5.60 Å². The highest BCUT2D eigenvalue weighted by Crippen LogP contribution is 2.51. The molecule has 1 aromatic rings. The van der Waals surface area contributed by atoms with Crippen LogP contribution in [0.25, 0.3) is 0 Å². The molecule has 0 aromatic heterocycles. The van der Waals surface area contributed by atoms with Crippen LogP contribution < -0.4 is 10.5 Å². The molecule has 0 unspecified atom stereocenters. The molecule has 1 atom stereocenters. The quantitative estimate of drug-likeness (QED) is 0.626. The number of amidine groups is 1. The molecule has 0 bridgehead atoms. The van der Waals surface area contributed by atoms with Crippen molar-refractivity contribution in [3.8, 4) is 5.75 Å². The van der Waals surface area contributed by atoms with E-state index in [9.17, 15) is 18.9 Å². The standard InChI is InChI=1S/C12H11F2N3O4/c13-12(14)6-16-10(15)21-11(12)3-4-20-9-2-1-7(17(18)19)5-8(9)11/h1-2,5H,3-4,6H2,(H2,15,16)/t11-/m1/s1. The highest BCUT2D eigenvalue weighted by Gasteiger charge is 2.62. The molecule has 21 heavy (non-hydrogen) atoms. The van der Waals surface area contributed by atoms with Gasteiger partial charge in [0.05, 0.1) is 17.1 Å². The molecule has 0 aliphatic carbocycles. The normalized spacial score (nSPS) is 26.3. The Balaban J connectivity index is 2.21. The van der Waals surface area contributed by atoms with Gasteiger partial charge in [-0.05, 0) is 6.07 Å². The third-order valence-electron chi connectivity index (χ3n) is 3.62. The molecule has 1 aromatic carbocycles. The van der Waals surface area contributed by atoms with Crippen LogP contribution in [0.15, 0.2) is 23.2 Å². The van der Waals surface area contributed by atoms with E-state index in [0.717, 1.165) is 6.07 Å². The zero-order chi connectivity index (χ0) is 15.3. The molecule has 2 aliphatic heterocycles. The molecule has 0 saturated heterocycles. The fraction of sp³-hybridized carbons (Fsp3) is 0.417. The lowest BCUT2D eigenvalue weighted by Crippen LogP contribution is -2.57. The van der Waals surface area contributed by atoms with Crippen molar-refractivity contribution < 1.29 is 23.2 Å². The maximum atomic E-state index is 14.4. The summed E-state index contributed by atoms with van der Waals surface area (Å²) in [5.74, 6) is -3.22. The van der Waals surface area contributed by atoms with Crippen LogP contribution in [0.1, 0.15) is 12.0 Å². The van der Waals surface area contributed by atoms with Crippen LogP contribution in [0.2, 0.25) is 0 Å². The summed E-state index contributed by atoms with van der Waals surface area (Å²) in [7, 11) is 0. The van der Waals surface area contributed by atoms with Crippen molar-refractivity contribution in [2.75, 3.05) is 13.2 Å². The fourth-order valence-electron chi connectivity index (χ4n) is 2.59. The Morgan fingerprint density at radius 2 is 2.19 bits per heavy atom. The first-order valence-corrected chi connectivity index (χ1v) is 6.14. The number of nitrogens with two attached hydrogens (primary N) is 1. The van der Waals surface area contributed by atoms with Gasteiger partial charge in [-0.3, -0.25) is 10.1 Å². The molecule has 3 rings (SSSR count). The Kier molecular flexibility index (Phi) is 2.75. The van der Waals surface area contributed by atoms with Crippen LogP contribution in [-0.2, 0) is 10.3 Å². The molecular weight excluding hydrogens is 288 g/mol. The van der Waals surface area contributed by atoms with E-state index < -0.39 is 23.0 Å². The predicted molar refractivity (Wildman–Crippen MR) is 67.4 cm³/mol. The van der Waals surface area contributed by atoms with Gasteiger partial charge in [0, 0.05) is 18.6 Å². The van der Waals surface area contributed by atoms with Crippen molar-refractivity contribution in [2.24, 2.45) is 10.7 Å². The van der Waals surface area contributed by atoms with E-state index in [2.05, 4.69) is 4.99 Å². The van der Waals surface area contributed by atoms with Gasteiger partial charge in [-0.2, -0.15) is 8.78 Å². The molecule has 9 heteroatoms. The second-order valence-electron chi connectivity index (χ2n) is 4.82. The molecule has 2 aliphatic rings. The van der Waals surface area contributed by atoms with Crippen molar-refractivity contribution in [3.63, 3.8) is 0 Å². The summed E-state index contributed by atoms with van der Waals surface area (Å²) in [4.78, 5) is 13.6. The summed E-state index contributed by atoms with van der Waals surface area (Å²) in [5.41, 5.74) is 2.95. The SMILES string of the molecule is NC1=NCC(F)(F)[C@]2(CCOc3ccc([N+](=O)[O-])cc32)O1. The summed E-state index contributed by atoms with van der Waals surface area (Å²) >= 11 is 0. The van der Waals surface area contributed by atoms with Crippen LogP contribution in [0.5, 0.6) is 5.75 Å². The first kappa shape index (κ1) is 13.5. The third-order valence-corrected chi connectivity index (χ3v) is 3.62. The number of rotatable bonds is 1. The highest BCUT2D eigenvalue weighted by molar-refractivity contribution is 5.73. The van der Waals surface area contributed by atoms with Gasteiger partial charge >= 0.3 is 5.92 Å². The largest absolute Gasteiger partial charge is 0.493 e. The van der Waals surface area contributed by atoms with Gasteiger partial charge in [-0.15, -0.1) is 0 Å². The lowest BCUT2D eigenvalue weighted by atomic mass is 9.81. The fourth-order valence-corrected chi connectivity index (χ4v) is 2.59. The van der Waals surface area contributed by atoms with E-state index in [1.165, 1.54) is 12.1 Å². The molecule has 0 amide bonds. The van der Waals surface area contributed by atoms with Crippen LogP contribution in [0.4, 0.5) is 14.5 Å². The van der Waals surface area contributed by atoms with E-state index in [-0.39, 0.29) is 36.0 Å². The zero-order valence-corrected chi connectivity index (χ0v) is 10.7. The Labute approximate surface area is 117 Å². The number of nitro groups is 1. The number of fused-ring (bicyclic) bond motifs is 2. The number of halogens is 2. The second kappa shape index (κ2) is 4.27. The number of nitrogens with zero attached hydrogens (tertiary/aromatic N) is 2. The number of hydrogen-bond donors (Lipinski definition) is 1. The summed E-state index contributed by atoms with van der Waals surface area (Å²) in [6, 6.07) is 3.16. The average molecular weight is 299 g/mol. The number of ether oxygens (including phenoxy) is 2. The summed E-state index contributed by atoms with van der Waals surface area (Å²) in [5, 5.41) is 10.9. The molecule has 7 nitrogen and oxygen atoms in total. The minimum Gasteiger partial charge on any atom is -0.493 e. The Morgan fingerprint density at radius 1 is 1.43 bits per heavy atom. The van der Waals surface area contributed by atoms with E-state index in [0.29, 0.717) is 0 Å². The van der Waals surface area contributed by atoms with E-state index in [1.807, 2.05) is 0 Å². The van der Waals surface area contributed by atoms with Crippen molar-refractivity contribution in [2.45, 2.75) is 17.9 Å². The molecular formula is C12H11F2N3O4. The van der Waals surface area contributed by atoms with Crippen LogP contribution >= 0.6 is 0 Å². The topological polar surface area (TPSA) is 100.0 Å². The first-order valence-electron chi connectivity index (χ1n) is 6.14. The average Bonchev–Trinajstić information content (AvgIpc) is 2.43. The van der Waals surface area contributed by atoms with Crippen LogP contribution in [-0.4, -0.2) is 30.0 Å². The minimum absolute atomic E-state index is 0.00627. The lowest BCUT2D eigenvalue weighted by Gasteiger charge is -2.44. The Bertz CT molecular complexity index is 649. The monoisotopic (exact) mass is 299 g/mol. The molecule has 2 N–H and O–H groups in total. The van der Waals surface area contributed by atoms with Gasteiger partial charge in [-0.25, -0.2) is 4.99 Å². The number of nitro benzene ring substituents is 1. The molecule has 112 valence electrons. The number of benzene rings is 1. The maximum Gasteiger partial charge on any atom is 0.310 e. The van der Waals surface area contributed by atoms with E-state index in [4.69, 9.17) is 15.2 Å². The smallest absolute Gasteiger partial charge is 0.310 e. The van der Waals surface area contributed by atoms with Crippen molar-refractivity contribution >= 4 is 11.7 Å². The van der Waals surface area contributed by atoms with Gasteiger partial charge in [0.15, 0.2) is 0 Å². The minimum atomic E-state index is -3.34.